The van der Waals surface area contributed by atoms with E-state index < -0.39 is 5.79 Å². The van der Waals surface area contributed by atoms with Crippen molar-refractivity contribution in [1.82, 2.24) is 4.57 Å². The highest BCUT2D eigenvalue weighted by atomic mass is 16.7. The summed E-state index contributed by atoms with van der Waals surface area (Å²) >= 11 is 0. The molecule has 5 nitrogen and oxygen atoms in total. The smallest absolute Gasteiger partial charge is 0.188 e. The maximum absolute atomic E-state index is 5.90. The van der Waals surface area contributed by atoms with Gasteiger partial charge in [0.15, 0.2) is 12.6 Å². The number of aryl methyl sites for hydroxylation is 1. The van der Waals surface area contributed by atoms with E-state index in [-0.39, 0.29) is 12.3 Å². The van der Waals surface area contributed by atoms with E-state index in [1.54, 1.807) is 7.11 Å². The molecule has 31 heavy (non-hydrogen) atoms. The highest BCUT2D eigenvalue weighted by Crippen LogP contribution is 2.44. The molecular formula is C26H31NO4. The second-order valence-corrected chi connectivity index (χ2v) is 9.20. The number of fused-ring (bicyclic) bond motifs is 3. The van der Waals surface area contributed by atoms with Gasteiger partial charge in [-0.05, 0) is 51.0 Å². The summed E-state index contributed by atoms with van der Waals surface area (Å²) in [4.78, 5) is 0. The molecule has 1 unspecified atom stereocenters. The quantitative estimate of drug-likeness (QED) is 0.401. The lowest BCUT2D eigenvalue weighted by atomic mass is 9.78. The lowest BCUT2D eigenvalue weighted by Crippen LogP contribution is -2.39. The van der Waals surface area contributed by atoms with Gasteiger partial charge < -0.3 is 23.5 Å². The van der Waals surface area contributed by atoms with Crippen molar-refractivity contribution < 1.29 is 18.9 Å². The molecule has 0 N–H and O–H groups in total. The van der Waals surface area contributed by atoms with Crippen molar-refractivity contribution >= 4 is 21.8 Å². The van der Waals surface area contributed by atoms with Crippen LogP contribution in [0.2, 0.25) is 0 Å². The molecule has 2 aliphatic rings. The van der Waals surface area contributed by atoms with E-state index in [1.165, 1.54) is 21.8 Å². The van der Waals surface area contributed by atoms with E-state index in [0.29, 0.717) is 19.1 Å². The molecule has 5 heteroatoms. The zero-order valence-electron chi connectivity index (χ0n) is 18.8. The minimum absolute atomic E-state index is 0.147. The fourth-order valence-corrected chi connectivity index (χ4v) is 5.27. The Kier molecular flexibility index (Phi) is 5.08. The summed E-state index contributed by atoms with van der Waals surface area (Å²) in [6.45, 7) is 8.34. The van der Waals surface area contributed by atoms with Gasteiger partial charge in [-0.1, -0.05) is 24.3 Å². The number of hydrogen-bond acceptors (Lipinski definition) is 4. The lowest BCUT2D eigenvalue weighted by molar-refractivity contribution is -0.129. The molecule has 1 saturated heterocycles. The van der Waals surface area contributed by atoms with Gasteiger partial charge in [-0.3, -0.25) is 0 Å². The molecule has 0 amide bonds. The highest BCUT2D eigenvalue weighted by Gasteiger charge is 2.41. The Hall–Kier alpha value is -2.34. The van der Waals surface area contributed by atoms with Crippen molar-refractivity contribution in [3.8, 4) is 5.75 Å². The van der Waals surface area contributed by atoms with Crippen LogP contribution in [0.25, 0.3) is 21.8 Å². The van der Waals surface area contributed by atoms with Gasteiger partial charge >= 0.3 is 0 Å². The van der Waals surface area contributed by atoms with E-state index >= 15 is 0 Å². The van der Waals surface area contributed by atoms with Crippen LogP contribution in [-0.4, -0.2) is 37.5 Å². The van der Waals surface area contributed by atoms with Gasteiger partial charge in [0.2, 0.25) is 0 Å². The summed E-state index contributed by atoms with van der Waals surface area (Å²) in [5, 5.41) is 2.52. The Balaban J connectivity index is 1.65. The van der Waals surface area contributed by atoms with Crippen LogP contribution in [-0.2, 0) is 19.7 Å². The molecule has 0 bridgehead atoms. The van der Waals surface area contributed by atoms with E-state index in [1.807, 2.05) is 0 Å². The summed E-state index contributed by atoms with van der Waals surface area (Å²) < 4.78 is 25.3. The van der Waals surface area contributed by atoms with E-state index in [2.05, 4.69) is 73.9 Å². The van der Waals surface area contributed by atoms with Crippen LogP contribution in [0.1, 0.15) is 32.3 Å². The van der Waals surface area contributed by atoms with Gasteiger partial charge in [0.25, 0.3) is 0 Å². The first-order chi connectivity index (χ1) is 15.0. The molecule has 3 aromatic rings. The van der Waals surface area contributed by atoms with E-state index in [4.69, 9.17) is 18.9 Å². The van der Waals surface area contributed by atoms with Crippen LogP contribution in [0.3, 0.4) is 0 Å². The van der Waals surface area contributed by atoms with Crippen molar-refractivity contribution in [2.24, 2.45) is 5.92 Å². The fraction of sp³-hybridized carbons (Fsp3) is 0.462. The topological polar surface area (TPSA) is 41.9 Å². The van der Waals surface area contributed by atoms with Crippen LogP contribution >= 0.6 is 0 Å². The Morgan fingerprint density at radius 2 is 1.87 bits per heavy atom. The predicted octanol–water partition coefficient (Wildman–Crippen LogP) is 5.53. The normalized spacial score (nSPS) is 20.8. The number of nitrogens with zero attached hydrogens (tertiary/aromatic N) is 1. The number of aromatic nitrogens is 1. The first kappa shape index (κ1) is 20.6. The van der Waals surface area contributed by atoms with Gasteiger partial charge in [-0.15, -0.1) is 0 Å². The van der Waals surface area contributed by atoms with Crippen molar-refractivity contribution in [2.75, 3.05) is 27.1 Å². The lowest BCUT2D eigenvalue weighted by Gasteiger charge is -2.40. The third-order valence-electron chi connectivity index (χ3n) is 6.95. The third kappa shape index (κ3) is 3.36. The molecule has 164 valence electrons. The first-order valence-corrected chi connectivity index (χ1v) is 11.1. The molecule has 1 fully saturated rings. The van der Waals surface area contributed by atoms with Crippen LogP contribution in [0, 0.1) is 12.8 Å². The molecule has 2 aromatic carbocycles. The molecule has 0 saturated carbocycles. The standard InChI is InChI=1S/C26H31NO4/c1-18-15-21-20-7-5-6-8-22(20)27(23(21)16-24(18)29-17-28-4)25(2,3)19-9-11-26(12-10-19)30-13-14-31-26/h5-9,11,15-16,19H,10,12-14,17H2,1-4H3. The molecule has 1 aliphatic heterocycles. The molecule has 5 rings (SSSR count). The number of rotatable bonds is 5. The van der Waals surface area contributed by atoms with Gasteiger partial charge in [-0.2, -0.15) is 0 Å². The summed E-state index contributed by atoms with van der Waals surface area (Å²) in [5.74, 6) is 0.709. The number of para-hydroxylation sites is 1. The molecule has 1 spiro atoms. The SMILES string of the molecule is COCOc1cc2c(cc1C)c1ccccc1n2C(C)(C)C1C=CC2(CC1)OCCO2. The van der Waals surface area contributed by atoms with Crippen molar-refractivity contribution in [1.29, 1.82) is 0 Å². The summed E-state index contributed by atoms with van der Waals surface area (Å²) in [6.07, 6.45) is 6.33. The minimum atomic E-state index is -0.508. The molecular weight excluding hydrogens is 390 g/mol. The monoisotopic (exact) mass is 421 g/mol. The molecule has 1 aromatic heterocycles. The zero-order valence-corrected chi connectivity index (χ0v) is 18.8. The van der Waals surface area contributed by atoms with Crippen molar-refractivity contribution in [3.05, 3.63) is 54.1 Å². The van der Waals surface area contributed by atoms with Gasteiger partial charge in [0.1, 0.15) is 5.75 Å². The average Bonchev–Trinajstić information content (AvgIpc) is 3.35. The summed E-state index contributed by atoms with van der Waals surface area (Å²) in [6, 6.07) is 13.1. The maximum atomic E-state index is 5.90. The third-order valence-corrected chi connectivity index (χ3v) is 6.95. The van der Waals surface area contributed by atoms with Gasteiger partial charge in [0.05, 0.1) is 18.7 Å². The highest BCUT2D eigenvalue weighted by molar-refractivity contribution is 6.09. The Bertz CT molecular complexity index is 1140. The van der Waals surface area contributed by atoms with Gasteiger partial charge in [-0.25, -0.2) is 0 Å². The van der Waals surface area contributed by atoms with Gasteiger partial charge in [0, 0.05) is 47.3 Å². The second kappa shape index (κ2) is 7.66. The second-order valence-electron chi connectivity index (χ2n) is 9.20. The van der Waals surface area contributed by atoms with Crippen LogP contribution in [0.4, 0.5) is 0 Å². The first-order valence-electron chi connectivity index (χ1n) is 11.1. The minimum Gasteiger partial charge on any atom is -0.467 e. The number of hydrogen-bond donors (Lipinski definition) is 0. The Morgan fingerprint density at radius 3 is 2.58 bits per heavy atom. The number of methoxy groups -OCH3 is 1. The number of ether oxygens (including phenoxy) is 4. The Morgan fingerprint density at radius 1 is 1.10 bits per heavy atom. The summed E-state index contributed by atoms with van der Waals surface area (Å²) in [7, 11) is 1.65. The zero-order chi connectivity index (χ0) is 21.6. The average molecular weight is 422 g/mol. The summed E-state index contributed by atoms with van der Waals surface area (Å²) in [5.41, 5.74) is 3.39. The molecule has 0 radical (unpaired) electrons. The van der Waals surface area contributed by atoms with Crippen LogP contribution in [0.15, 0.2) is 48.6 Å². The molecule has 2 heterocycles. The number of benzene rings is 2. The Labute approximate surface area is 183 Å². The van der Waals surface area contributed by atoms with Crippen molar-refractivity contribution in [3.63, 3.8) is 0 Å². The van der Waals surface area contributed by atoms with E-state index in [9.17, 15) is 0 Å². The van der Waals surface area contributed by atoms with Crippen LogP contribution in [0.5, 0.6) is 5.75 Å². The van der Waals surface area contributed by atoms with E-state index in [0.717, 1.165) is 24.2 Å². The van der Waals surface area contributed by atoms with Crippen LogP contribution < -0.4 is 4.74 Å². The predicted molar refractivity (Wildman–Crippen MR) is 123 cm³/mol. The molecule has 1 atom stereocenters. The maximum Gasteiger partial charge on any atom is 0.188 e. The molecule has 1 aliphatic carbocycles. The number of allylic oxidation sites excluding steroid dienone is 1. The van der Waals surface area contributed by atoms with Crippen molar-refractivity contribution in [2.45, 2.75) is 44.9 Å². The fourth-order valence-electron chi connectivity index (χ4n) is 5.27. The largest absolute Gasteiger partial charge is 0.467 e.